The van der Waals surface area contributed by atoms with E-state index in [-0.39, 0.29) is 36.0 Å². The summed E-state index contributed by atoms with van der Waals surface area (Å²) >= 11 is 6.26. The van der Waals surface area contributed by atoms with Crippen LogP contribution in [0.1, 0.15) is 67.7 Å². The molecule has 1 N–H and O–H groups in total. The molecule has 0 unspecified atom stereocenters. The van der Waals surface area contributed by atoms with Gasteiger partial charge in [0.1, 0.15) is 17.2 Å². The summed E-state index contributed by atoms with van der Waals surface area (Å²) in [6.07, 6.45) is 1.96. The Morgan fingerprint density at radius 3 is 2.45 bits per heavy atom. The Labute approximate surface area is 177 Å². The predicted octanol–water partition coefficient (Wildman–Crippen LogP) is 4.75. The van der Waals surface area contributed by atoms with Gasteiger partial charge in [-0.2, -0.15) is 0 Å². The van der Waals surface area contributed by atoms with Crippen molar-refractivity contribution in [3.63, 3.8) is 0 Å². The zero-order valence-electron chi connectivity index (χ0n) is 17.9. The van der Waals surface area contributed by atoms with Gasteiger partial charge in [0.25, 0.3) is 5.91 Å². The number of hydrogen-bond donors (Lipinski definition) is 1. The molecule has 2 rings (SSSR count). The van der Waals surface area contributed by atoms with Crippen LogP contribution >= 0.6 is 11.6 Å². The van der Waals surface area contributed by atoms with Crippen LogP contribution in [-0.2, 0) is 17.6 Å². The highest BCUT2D eigenvalue weighted by atomic mass is 35.5. The molecule has 0 fully saturated rings. The molecular weight excluding hydrogens is 388 g/mol. The molecule has 156 valence electrons. The maximum Gasteiger partial charge on any atom is 0.270 e. The molecule has 0 atom stereocenters. The van der Waals surface area contributed by atoms with E-state index >= 15 is 0 Å². The second-order valence-corrected chi connectivity index (χ2v) is 8.92. The lowest BCUT2D eigenvalue weighted by molar-refractivity contribution is -0.117. The molecule has 0 spiro atoms. The third-order valence-electron chi connectivity index (χ3n) is 4.32. The van der Waals surface area contributed by atoms with Gasteiger partial charge >= 0.3 is 0 Å². The average molecular weight is 417 g/mol. The van der Waals surface area contributed by atoms with Crippen LogP contribution in [0.2, 0.25) is 5.02 Å². The molecule has 6 heteroatoms. The predicted molar refractivity (Wildman–Crippen MR) is 116 cm³/mol. The van der Waals surface area contributed by atoms with Gasteiger partial charge in [0.05, 0.1) is 7.11 Å². The van der Waals surface area contributed by atoms with Gasteiger partial charge in [0, 0.05) is 35.2 Å². The fourth-order valence-corrected chi connectivity index (χ4v) is 3.35. The number of carbonyl (C=O) groups is 2. The molecule has 2 aromatic rings. The quantitative estimate of drug-likeness (QED) is 0.707. The Bertz CT molecular complexity index is 901. The maximum absolute atomic E-state index is 12.7. The number of aromatic nitrogens is 1. The van der Waals surface area contributed by atoms with Gasteiger partial charge in [-0.3, -0.25) is 14.6 Å². The molecule has 0 radical (unpaired) electrons. The van der Waals surface area contributed by atoms with Crippen molar-refractivity contribution in [1.29, 1.82) is 0 Å². The lowest BCUT2D eigenvalue weighted by Gasteiger charge is -2.20. The first-order chi connectivity index (χ1) is 13.5. The van der Waals surface area contributed by atoms with Gasteiger partial charge < -0.3 is 10.1 Å². The normalized spacial score (nSPS) is 11.4. The Kier molecular flexibility index (Phi) is 7.42. The number of ether oxygens (including phenoxy) is 1. The standard InChI is InChI=1S/C23H29ClN2O3/c1-14(2)19-13-17(24)11-16(21(19)29-6)12-18(27)9-15-7-8-25-20(10-15)22(28)26-23(3,4)5/h7-8,10-11,13-14H,9,12H2,1-6H3,(H,26,28). The number of rotatable bonds is 7. The fraction of sp³-hybridized carbons (Fsp3) is 0.435. The number of ketones is 1. The molecule has 0 saturated heterocycles. The molecule has 0 saturated carbocycles. The summed E-state index contributed by atoms with van der Waals surface area (Å²) in [5.41, 5.74) is 2.44. The van der Waals surface area contributed by atoms with Gasteiger partial charge in [-0.25, -0.2) is 0 Å². The lowest BCUT2D eigenvalue weighted by Crippen LogP contribution is -2.40. The van der Waals surface area contributed by atoms with Gasteiger partial charge in [-0.15, -0.1) is 0 Å². The van der Waals surface area contributed by atoms with E-state index in [1.54, 1.807) is 31.5 Å². The van der Waals surface area contributed by atoms with Gasteiger partial charge in [-0.05, 0) is 62.1 Å². The van der Waals surface area contributed by atoms with E-state index in [0.29, 0.717) is 16.5 Å². The Morgan fingerprint density at radius 1 is 1.17 bits per heavy atom. The molecule has 0 aliphatic heterocycles. The smallest absolute Gasteiger partial charge is 0.270 e. The summed E-state index contributed by atoms with van der Waals surface area (Å²) in [6, 6.07) is 7.06. The van der Waals surface area contributed by atoms with Crippen LogP contribution in [-0.4, -0.2) is 29.3 Å². The molecule has 0 aliphatic rings. The third-order valence-corrected chi connectivity index (χ3v) is 4.54. The van der Waals surface area contributed by atoms with E-state index in [4.69, 9.17) is 16.3 Å². The molecule has 1 aromatic carbocycles. The molecular formula is C23H29ClN2O3. The summed E-state index contributed by atoms with van der Waals surface area (Å²) < 4.78 is 5.57. The SMILES string of the molecule is COc1c(CC(=O)Cc2ccnc(C(=O)NC(C)(C)C)c2)cc(Cl)cc1C(C)C. The first-order valence-corrected chi connectivity index (χ1v) is 10.0. The van der Waals surface area contributed by atoms with E-state index in [2.05, 4.69) is 24.1 Å². The largest absolute Gasteiger partial charge is 0.496 e. The topological polar surface area (TPSA) is 68.3 Å². The molecule has 1 amide bonds. The number of nitrogens with one attached hydrogen (secondary N) is 1. The number of Topliss-reactive ketones (excluding diaryl/α,β-unsaturated/α-hetero) is 1. The first-order valence-electron chi connectivity index (χ1n) is 9.65. The number of benzene rings is 1. The van der Waals surface area contributed by atoms with Crippen LogP contribution in [0.5, 0.6) is 5.75 Å². The lowest BCUT2D eigenvalue weighted by atomic mass is 9.95. The van der Waals surface area contributed by atoms with Gasteiger partial charge in [0.15, 0.2) is 0 Å². The Morgan fingerprint density at radius 2 is 1.86 bits per heavy atom. The number of carbonyl (C=O) groups excluding carboxylic acids is 2. The van der Waals surface area contributed by atoms with E-state index in [9.17, 15) is 9.59 Å². The number of methoxy groups -OCH3 is 1. The van der Waals surface area contributed by atoms with Crippen LogP contribution in [0.4, 0.5) is 0 Å². The second kappa shape index (κ2) is 9.40. The summed E-state index contributed by atoms with van der Waals surface area (Å²) in [4.78, 5) is 29.2. The van der Waals surface area contributed by atoms with E-state index < -0.39 is 0 Å². The number of hydrogen-bond acceptors (Lipinski definition) is 4. The van der Waals surface area contributed by atoms with Crippen molar-refractivity contribution in [3.8, 4) is 5.75 Å². The van der Waals surface area contributed by atoms with Crippen molar-refractivity contribution < 1.29 is 14.3 Å². The van der Waals surface area contributed by atoms with Crippen LogP contribution in [0.3, 0.4) is 0 Å². The minimum atomic E-state index is -0.359. The van der Waals surface area contributed by atoms with Gasteiger partial charge in [0.2, 0.25) is 0 Å². The van der Waals surface area contributed by atoms with Crippen LogP contribution < -0.4 is 10.1 Å². The van der Waals surface area contributed by atoms with E-state index in [0.717, 1.165) is 16.7 Å². The van der Waals surface area contributed by atoms with Crippen molar-refractivity contribution in [2.24, 2.45) is 0 Å². The fourth-order valence-electron chi connectivity index (χ4n) is 3.10. The van der Waals surface area contributed by atoms with E-state index in [1.807, 2.05) is 26.8 Å². The highest BCUT2D eigenvalue weighted by molar-refractivity contribution is 6.30. The summed E-state index contributed by atoms with van der Waals surface area (Å²) in [6.45, 7) is 9.83. The second-order valence-electron chi connectivity index (χ2n) is 8.49. The van der Waals surface area contributed by atoms with Crippen molar-refractivity contribution in [2.45, 2.75) is 58.9 Å². The van der Waals surface area contributed by atoms with Crippen molar-refractivity contribution in [1.82, 2.24) is 10.3 Å². The molecule has 1 heterocycles. The summed E-state index contributed by atoms with van der Waals surface area (Å²) in [5, 5.41) is 3.46. The highest BCUT2D eigenvalue weighted by Gasteiger charge is 2.19. The summed E-state index contributed by atoms with van der Waals surface area (Å²) in [5.74, 6) is 0.679. The summed E-state index contributed by atoms with van der Waals surface area (Å²) in [7, 11) is 1.60. The number of pyridine rings is 1. The zero-order chi connectivity index (χ0) is 21.8. The van der Waals surface area contributed by atoms with Crippen molar-refractivity contribution >= 4 is 23.3 Å². The highest BCUT2D eigenvalue weighted by Crippen LogP contribution is 2.33. The Balaban J connectivity index is 2.18. The third kappa shape index (κ3) is 6.57. The Hall–Kier alpha value is -2.40. The maximum atomic E-state index is 12.7. The number of halogens is 1. The van der Waals surface area contributed by atoms with Crippen LogP contribution in [0.15, 0.2) is 30.5 Å². The minimum Gasteiger partial charge on any atom is -0.496 e. The van der Waals surface area contributed by atoms with Crippen LogP contribution in [0.25, 0.3) is 0 Å². The molecule has 0 aliphatic carbocycles. The first kappa shape index (κ1) is 22.9. The average Bonchev–Trinajstić information content (AvgIpc) is 2.59. The zero-order valence-corrected chi connectivity index (χ0v) is 18.7. The van der Waals surface area contributed by atoms with Crippen molar-refractivity contribution in [2.75, 3.05) is 7.11 Å². The van der Waals surface area contributed by atoms with Crippen LogP contribution in [0, 0.1) is 0 Å². The van der Waals surface area contributed by atoms with Gasteiger partial charge in [-0.1, -0.05) is 25.4 Å². The monoisotopic (exact) mass is 416 g/mol. The van der Waals surface area contributed by atoms with E-state index in [1.165, 1.54) is 0 Å². The number of nitrogens with zero attached hydrogens (tertiary/aromatic N) is 1. The van der Waals surface area contributed by atoms with Crippen molar-refractivity contribution in [3.05, 3.63) is 57.9 Å². The molecule has 29 heavy (non-hydrogen) atoms. The molecule has 0 bridgehead atoms. The number of amides is 1. The minimum absolute atomic E-state index is 0.00801. The molecule has 5 nitrogen and oxygen atoms in total. The molecule has 1 aromatic heterocycles.